The summed E-state index contributed by atoms with van der Waals surface area (Å²) in [5.41, 5.74) is 1.78. The molecule has 1 aliphatic rings. The van der Waals surface area contributed by atoms with Crippen LogP contribution in [0.25, 0.3) is 0 Å². The maximum absolute atomic E-state index is 12.4. The summed E-state index contributed by atoms with van der Waals surface area (Å²) in [5.74, 6) is -0.0311. The summed E-state index contributed by atoms with van der Waals surface area (Å²) in [5, 5.41) is 0.444. The highest BCUT2D eigenvalue weighted by molar-refractivity contribution is 6.34. The zero-order chi connectivity index (χ0) is 18.4. The number of ketones is 1. The lowest BCUT2D eigenvalue weighted by atomic mass is 10.1. The number of hydrogen-bond donors (Lipinski definition) is 0. The number of Topliss-reactive ketones (excluding diaryl/α,β-unsaturated/α-hetero) is 1. The van der Waals surface area contributed by atoms with Crippen molar-refractivity contribution >= 4 is 23.3 Å². The summed E-state index contributed by atoms with van der Waals surface area (Å²) in [6.07, 6.45) is 0.440. The van der Waals surface area contributed by atoms with Crippen LogP contribution in [0.4, 0.5) is 0 Å². The molecular formula is C21H23ClN2O2. The fourth-order valence-corrected chi connectivity index (χ4v) is 3.44. The highest BCUT2D eigenvalue weighted by Crippen LogP contribution is 2.18. The van der Waals surface area contributed by atoms with Gasteiger partial charge in [0, 0.05) is 51.1 Å². The van der Waals surface area contributed by atoms with Crippen molar-refractivity contribution in [1.29, 1.82) is 0 Å². The van der Waals surface area contributed by atoms with E-state index in [0.29, 0.717) is 23.7 Å². The van der Waals surface area contributed by atoms with Gasteiger partial charge < -0.3 is 4.90 Å². The Hall–Kier alpha value is -2.17. The van der Waals surface area contributed by atoms with Gasteiger partial charge in [-0.1, -0.05) is 54.1 Å². The Kier molecular flexibility index (Phi) is 6.42. The van der Waals surface area contributed by atoms with E-state index in [1.807, 2.05) is 23.1 Å². The minimum Gasteiger partial charge on any atom is -0.340 e. The van der Waals surface area contributed by atoms with E-state index in [2.05, 4.69) is 17.0 Å². The molecule has 0 aromatic heterocycles. The summed E-state index contributed by atoms with van der Waals surface area (Å²) in [4.78, 5) is 28.9. The maximum Gasteiger partial charge on any atom is 0.223 e. The van der Waals surface area contributed by atoms with Gasteiger partial charge in [0.15, 0.2) is 5.78 Å². The molecule has 2 aromatic carbocycles. The first-order valence-electron chi connectivity index (χ1n) is 8.95. The first-order chi connectivity index (χ1) is 12.6. The summed E-state index contributed by atoms with van der Waals surface area (Å²) >= 11 is 6.04. The smallest absolute Gasteiger partial charge is 0.223 e. The average molecular weight is 371 g/mol. The monoisotopic (exact) mass is 370 g/mol. The third kappa shape index (κ3) is 4.93. The molecule has 3 rings (SSSR count). The van der Waals surface area contributed by atoms with Crippen LogP contribution in [0.2, 0.25) is 5.02 Å². The van der Waals surface area contributed by atoms with Crippen LogP contribution in [0.1, 0.15) is 28.8 Å². The first-order valence-corrected chi connectivity index (χ1v) is 9.33. The standard InChI is InChI=1S/C21H23ClN2O2/c22-19-9-5-4-8-18(19)20(25)10-11-21(26)24-14-12-23(13-15-24)16-17-6-2-1-3-7-17/h1-9H,10-16H2. The molecule has 4 nitrogen and oxygen atoms in total. The van der Waals surface area contributed by atoms with Crippen molar-refractivity contribution < 1.29 is 9.59 Å². The van der Waals surface area contributed by atoms with E-state index in [0.717, 1.165) is 19.6 Å². The molecule has 0 radical (unpaired) electrons. The number of rotatable bonds is 6. The van der Waals surface area contributed by atoms with Crippen LogP contribution in [0.5, 0.6) is 0 Å². The normalized spacial score (nSPS) is 15.0. The van der Waals surface area contributed by atoms with E-state index in [4.69, 9.17) is 11.6 Å². The highest BCUT2D eigenvalue weighted by Gasteiger charge is 2.22. The van der Waals surface area contributed by atoms with E-state index in [1.54, 1.807) is 24.3 Å². The molecule has 136 valence electrons. The van der Waals surface area contributed by atoms with Crippen molar-refractivity contribution in [3.8, 4) is 0 Å². The highest BCUT2D eigenvalue weighted by atomic mass is 35.5. The second kappa shape index (κ2) is 8.97. The van der Waals surface area contributed by atoms with Crippen LogP contribution in [-0.4, -0.2) is 47.7 Å². The summed E-state index contributed by atoms with van der Waals surface area (Å²) in [6, 6.07) is 17.3. The zero-order valence-electron chi connectivity index (χ0n) is 14.7. The second-order valence-electron chi connectivity index (χ2n) is 6.55. The van der Waals surface area contributed by atoms with Crippen molar-refractivity contribution in [2.24, 2.45) is 0 Å². The minimum absolute atomic E-state index is 0.0461. The van der Waals surface area contributed by atoms with Gasteiger partial charge >= 0.3 is 0 Å². The number of carbonyl (C=O) groups excluding carboxylic acids is 2. The third-order valence-corrected chi connectivity index (χ3v) is 5.04. The minimum atomic E-state index is -0.0772. The molecule has 0 atom stereocenters. The van der Waals surface area contributed by atoms with Gasteiger partial charge in [-0.2, -0.15) is 0 Å². The van der Waals surface area contributed by atoms with Gasteiger partial charge in [-0.15, -0.1) is 0 Å². The lowest BCUT2D eigenvalue weighted by Gasteiger charge is -2.34. The molecular weight excluding hydrogens is 348 g/mol. The summed E-state index contributed by atoms with van der Waals surface area (Å²) in [6.45, 7) is 4.06. The molecule has 0 unspecified atom stereocenters. The molecule has 2 aromatic rings. The number of piperazine rings is 1. The second-order valence-corrected chi connectivity index (χ2v) is 6.95. The molecule has 5 heteroatoms. The Balaban J connectivity index is 1.44. The number of amides is 1. The SMILES string of the molecule is O=C(CCC(=O)N1CCN(Cc2ccccc2)CC1)c1ccccc1Cl. The van der Waals surface area contributed by atoms with Gasteiger partial charge in [-0.25, -0.2) is 0 Å². The van der Waals surface area contributed by atoms with Crippen molar-refractivity contribution in [2.75, 3.05) is 26.2 Å². The van der Waals surface area contributed by atoms with Crippen LogP contribution in [0, 0.1) is 0 Å². The van der Waals surface area contributed by atoms with Crippen molar-refractivity contribution in [3.05, 3.63) is 70.7 Å². The fourth-order valence-electron chi connectivity index (χ4n) is 3.20. The number of hydrogen-bond acceptors (Lipinski definition) is 3. The van der Waals surface area contributed by atoms with Crippen molar-refractivity contribution in [3.63, 3.8) is 0 Å². The predicted octanol–water partition coefficient (Wildman–Crippen LogP) is 3.65. The molecule has 1 heterocycles. The van der Waals surface area contributed by atoms with Crippen LogP contribution in [-0.2, 0) is 11.3 Å². The van der Waals surface area contributed by atoms with Gasteiger partial charge in [0.05, 0.1) is 5.02 Å². The van der Waals surface area contributed by atoms with Crippen molar-refractivity contribution in [1.82, 2.24) is 9.80 Å². The molecule has 1 saturated heterocycles. The van der Waals surface area contributed by atoms with Gasteiger partial charge in [0.25, 0.3) is 0 Å². The molecule has 1 aliphatic heterocycles. The van der Waals surface area contributed by atoms with Gasteiger partial charge in [0.1, 0.15) is 0 Å². The topological polar surface area (TPSA) is 40.6 Å². The quantitative estimate of drug-likeness (QED) is 0.729. The number of carbonyl (C=O) groups is 2. The Labute approximate surface area is 159 Å². The first kappa shape index (κ1) is 18.6. The van der Waals surface area contributed by atoms with Gasteiger partial charge in [-0.3, -0.25) is 14.5 Å². The molecule has 1 fully saturated rings. The summed E-state index contributed by atoms with van der Waals surface area (Å²) in [7, 11) is 0. The van der Waals surface area contributed by atoms with Crippen LogP contribution >= 0.6 is 11.6 Å². The molecule has 0 saturated carbocycles. The van der Waals surface area contributed by atoms with E-state index >= 15 is 0 Å². The van der Waals surface area contributed by atoms with Crippen molar-refractivity contribution in [2.45, 2.75) is 19.4 Å². The Morgan fingerprint density at radius 1 is 0.846 bits per heavy atom. The number of nitrogens with zero attached hydrogens (tertiary/aromatic N) is 2. The molecule has 0 bridgehead atoms. The van der Waals surface area contributed by atoms with E-state index in [1.165, 1.54) is 5.56 Å². The van der Waals surface area contributed by atoms with E-state index in [-0.39, 0.29) is 24.5 Å². The maximum atomic E-state index is 12.4. The molecule has 0 spiro atoms. The third-order valence-electron chi connectivity index (χ3n) is 4.71. The lowest BCUT2D eigenvalue weighted by Crippen LogP contribution is -2.48. The molecule has 0 N–H and O–H groups in total. The Morgan fingerprint density at radius 3 is 2.19 bits per heavy atom. The Morgan fingerprint density at radius 2 is 1.50 bits per heavy atom. The van der Waals surface area contributed by atoms with Gasteiger partial charge in [-0.05, 0) is 17.7 Å². The van der Waals surface area contributed by atoms with Gasteiger partial charge in [0.2, 0.25) is 5.91 Å². The largest absolute Gasteiger partial charge is 0.340 e. The molecule has 0 aliphatic carbocycles. The zero-order valence-corrected chi connectivity index (χ0v) is 15.5. The Bertz CT molecular complexity index is 756. The van der Waals surface area contributed by atoms with Crippen LogP contribution in [0.15, 0.2) is 54.6 Å². The van der Waals surface area contributed by atoms with Crippen LogP contribution < -0.4 is 0 Å². The number of benzene rings is 2. The fraction of sp³-hybridized carbons (Fsp3) is 0.333. The average Bonchev–Trinajstić information content (AvgIpc) is 2.67. The van der Waals surface area contributed by atoms with Crippen LogP contribution in [0.3, 0.4) is 0 Å². The summed E-state index contributed by atoms with van der Waals surface area (Å²) < 4.78 is 0. The molecule has 26 heavy (non-hydrogen) atoms. The molecule has 1 amide bonds. The predicted molar refractivity (Wildman–Crippen MR) is 103 cm³/mol. The lowest BCUT2D eigenvalue weighted by molar-refractivity contribution is -0.132. The van der Waals surface area contributed by atoms with E-state index < -0.39 is 0 Å². The van der Waals surface area contributed by atoms with E-state index in [9.17, 15) is 9.59 Å². The number of halogens is 1.